The van der Waals surface area contributed by atoms with Crippen molar-refractivity contribution in [3.8, 4) is 0 Å². The first kappa shape index (κ1) is 33.9. The molecule has 0 unspecified atom stereocenters. The Kier molecular flexibility index (Phi) is 21.5. The zero-order chi connectivity index (χ0) is 26.3. The Morgan fingerprint density at radius 3 is 1.36 bits per heavy atom. The van der Waals surface area contributed by atoms with Gasteiger partial charge in [-0.25, -0.2) is 0 Å². The summed E-state index contributed by atoms with van der Waals surface area (Å²) < 4.78 is 1.61. The third-order valence-corrected chi connectivity index (χ3v) is 26.9. The summed E-state index contributed by atoms with van der Waals surface area (Å²) in [7, 11) is 0. The van der Waals surface area contributed by atoms with Gasteiger partial charge in [0.2, 0.25) is 0 Å². The van der Waals surface area contributed by atoms with Gasteiger partial charge >= 0.3 is 236 Å². The van der Waals surface area contributed by atoms with Crippen LogP contribution < -0.4 is 14.8 Å². The monoisotopic (exact) mass is 626 g/mol. The summed E-state index contributed by atoms with van der Waals surface area (Å²) >= 11 is -0.664. The second kappa shape index (κ2) is 22.8. The quantitative estimate of drug-likeness (QED) is 0.0303. The predicted octanol–water partition coefficient (Wildman–Crippen LogP) is 8.37. The SMILES string of the molecule is CCCCCCCC[PH](CCCCCCCC)(CCCCCCCC)[Sn][c]1ccc(C(=O)NN)cc1. The van der Waals surface area contributed by atoms with Crippen molar-refractivity contribution in [3.05, 3.63) is 29.8 Å². The molecule has 0 saturated carbocycles. The van der Waals surface area contributed by atoms with Crippen LogP contribution in [0.2, 0.25) is 0 Å². The molecule has 2 radical (unpaired) electrons. The first-order chi connectivity index (χ1) is 17.6. The number of unbranched alkanes of at least 4 members (excludes halogenated alkanes) is 15. The Balaban J connectivity index is 2.89. The number of carbonyl (C=O) groups excluding carboxylic acids is 1. The molecule has 0 heterocycles. The molecule has 5 heteroatoms. The van der Waals surface area contributed by atoms with Crippen molar-refractivity contribution in [2.24, 2.45) is 5.84 Å². The van der Waals surface area contributed by atoms with E-state index < -0.39 is 25.5 Å². The van der Waals surface area contributed by atoms with E-state index in [1.54, 1.807) is 22.1 Å². The number of nitrogens with two attached hydrogens (primary N) is 1. The van der Waals surface area contributed by atoms with Gasteiger partial charge in [-0.05, 0) is 0 Å². The van der Waals surface area contributed by atoms with Gasteiger partial charge in [0.15, 0.2) is 0 Å². The zero-order valence-corrected chi connectivity index (χ0v) is 28.0. The Hall–Kier alpha value is -0.121. The third-order valence-electron chi connectivity index (χ3n) is 7.71. The normalized spacial score (nSPS) is 12.1. The van der Waals surface area contributed by atoms with Crippen LogP contribution in [0.5, 0.6) is 0 Å². The minimum absolute atomic E-state index is 0.179. The van der Waals surface area contributed by atoms with Crippen molar-refractivity contribution < 1.29 is 4.79 Å². The molecule has 36 heavy (non-hydrogen) atoms. The van der Waals surface area contributed by atoms with Crippen LogP contribution in [0.15, 0.2) is 24.3 Å². The second-order valence-electron chi connectivity index (χ2n) is 11.0. The number of nitrogens with one attached hydrogen (secondary N) is 1. The van der Waals surface area contributed by atoms with Crippen molar-refractivity contribution in [2.45, 2.75) is 136 Å². The fourth-order valence-corrected chi connectivity index (χ4v) is 25.0. The van der Waals surface area contributed by atoms with E-state index in [1.807, 2.05) is 12.1 Å². The standard InChI is InChI=1S/C24H51P.C7H7N2O.Sn/c1-4-7-10-13-16-19-22-25(23-20-17-14-11-8-5-2)24-21-18-15-12-9-6-3;8-9-7(10)6-4-2-1-3-5-6;/h4-24H2,1-3H3;2-5H,8H2,(H,9,10);/q;;-1/p+1. The minimum atomic E-state index is -1.25. The van der Waals surface area contributed by atoms with Gasteiger partial charge in [0.05, 0.1) is 0 Å². The molecular weight excluding hydrogens is 566 g/mol. The fraction of sp³-hybridized carbons (Fsp3) is 0.774. The molecule has 208 valence electrons. The molecule has 0 fully saturated rings. The fourth-order valence-electron chi connectivity index (χ4n) is 5.39. The molecule has 1 aromatic rings. The predicted molar refractivity (Wildman–Crippen MR) is 167 cm³/mol. The van der Waals surface area contributed by atoms with E-state index in [-0.39, 0.29) is 5.91 Å². The summed E-state index contributed by atoms with van der Waals surface area (Å²) in [6, 6.07) is 8.58. The first-order valence-electron chi connectivity index (χ1n) is 15.5. The molecule has 0 saturated heterocycles. The van der Waals surface area contributed by atoms with Crippen LogP contribution in [0.1, 0.15) is 147 Å². The van der Waals surface area contributed by atoms with Crippen LogP contribution >= 0.6 is 4.92 Å². The molecule has 1 aromatic carbocycles. The van der Waals surface area contributed by atoms with Crippen molar-refractivity contribution >= 4 is 35.0 Å². The van der Waals surface area contributed by atoms with Crippen molar-refractivity contribution in [3.63, 3.8) is 0 Å². The average molecular weight is 626 g/mol. The number of nitrogen functional groups attached to an aromatic ring is 1. The number of hydrogen-bond acceptors (Lipinski definition) is 2. The summed E-state index contributed by atoms with van der Waals surface area (Å²) in [6.45, 7) is 6.94. The number of rotatable bonds is 24. The Labute approximate surface area is 234 Å². The summed E-state index contributed by atoms with van der Waals surface area (Å²) in [5.41, 5.74) is 2.97. The summed E-state index contributed by atoms with van der Waals surface area (Å²) in [4.78, 5) is 10.7. The Morgan fingerprint density at radius 1 is 0.639 bits per heavy atom. The molecule has 1 rings (SSSR count). The van der Waals surface area contributed by atoms with Crippen LogP contribution in [-0.2, 0) is 0 Å². The third kappa shape index (κ3) is 16.0. The zero-order valence-electron chi connectivity index (χ0n) is 24.1. The average Bonchev–Trinajstić information content (AvgIpc) is 2.90. The Bertz CT molecular complexity index is 612. The van der Waals surface area contributed by atoms with Gasteiger partial charge in [-0.15, -0.1) is 0 Å². The van der Waals surface area contributed by atoms with Gasteiger partial charge in [-0.1, -0.05) is 0 Å². The van der Waals surface area contributed by atoms with Crippen molar-refractivity contribution in [1.82, 2.24) is 5.43 Å². The first-order valence-corrected chi connectivity index (χ1v) is 23.8. The van der Waals surface area contributed by atoms with E-state index in [2.05, 4.69) is 38.3 Å². The van der Waals surface area contributed by atoms with E-state index >= 15 is 0 Å². The van der Waals surface area contributed by atoms with Gasteiger partial charge in [0, 0.05) is 0 Å². The van der Waals surface area contributed by atoms with Gasteiger partial charge in [-0.2, -0.15) is 0 Å². The van der Waals surface area contributed by atoms with Crippen molar-refractivity contribution in [2.75, 3.05) is 18.5 Å². The number of hydrogen-bond donors (Lipinski definition) is 2. The van der Waals surface area contributed by atoms with Crippen molar-refractivity contribution in [1.29, 1.82) is 0 Å². The van der Waals surface area contributed by atoms with E-state index in [4.69, 9.17) is 5.84 Å². The van der Waals surface area contributed by atoms with E-state index in [0.29, 0.717) is 5.56 Å². The number of hydrazine groups is 1. The molecule has 0 aliphatic heterocycles. The maximum absolute atomic E-state index is 11.9. The van der Waals surface area contributed by atoms with E-state index in [0.717, 1.165) is 0 Å². The molecule has 1 amide bonds. The molecule has 0 aliphatic rings. The molecule has 0 bridgehead atoms. The van der Waals surface area contributed by atoms with Crippen LogP contribution in [0.25, 0.3) is 0 Å². The summed E-state index contributed by atoms with van der Waals surface area (Å²) in [6.07, 6.45) is 30.2. The number of amides is 1. The van der Waals surface area contributed by atoms with Gasteiger partial charge in [0.1, 0.15) is 0 Å². The van der Waals surface area contributed by atoms with Crippen LogP contribution in [0, 0.1) is 0 Å². The van der Waals surface area contributed by atoms with Crippen LogP contribution in [-0.4, -0.2) is 45.0 Å². The maximum atomic E-state index is 11.9. The molecule has 0 aromatic heterocycles. The molecule has 0 atom stereocenters. The van der Waals surface area contributed by atoms with E-state index in [1.165, 1.54) is 116 Å². The van der Waals surface area contributed by atoms with Gasteiger partial charge in [0.25, 0.3) is 0 Å². The molecule has 3 N–H and O–H groups in total. The summed E-state index contributed by atoms with van der Waals surface area (Å²) in [5, 5.41) is 0. The van der Waals surface area contributed by atoms with Gasteiger partial charge in [-0.3, -0.25) is 0 Å². The molecule has 0 aliphatic carbocycles. The topological polar surface area (TPSA) is 55.1 Å². The summed E-state index contributed by atoms with van der Waals surface area (Å²) in [5.74, 6) is 5.18. The molecule has 3 nitrogen and oxygen atoms in total. The van der Waals surface area contributed by atoms with Crippen LogP contribution in [0.4, 0.5) is 0 Å². The number of carbonyl (C=O) groups is 1. The Morgan fingerprint density at radius 2 is 1.00 bits per heavy atom. The van der Waals surface area contributed by atoms with Crippen LogP contribution in [0.3, 0.4) is 0 Å². The molecule has 0 spiro atoms. The molecular formula is C31H59N2OPSn. The van der Waals surface area contributed by atoms with E-state index in [9.17, 15) is 4.79 Å². The van der Waals surface area contributed by atoms with Gasteiger partial charge < -0.3 is 0 Å². The second-order valence-corrected chi connectivity index (χ2v) is 28.2. The number of benzene rings is 1.